The number of hydrogen-bond donors (Lipinski definition) is 1. The van der Waals surface area contributed by atoms with Gasteiger partial charge in [-0.2, -0.15) is 0 Å². The van der Waals surface area contributed by atoms with Crippen molar-refractivity contribution in [2.45, 2.75) is 33.6 Å². The van der Waals surface area contributed by atoms with E-state index in [2.05, 4.69) is 10.5 Å². The van der Waals surface area contributed by atoms with Gasteiger partial charge in [0.2, 0.25) is 5.91 Å². The number of esters is 1. The number of hydrogen-bond acceptors (Lipinski definition) is 6. The largest absolute Gasteiger partial charge is 0.454 e. The van der Waals surface area contributed by atoms with Gasteiger partial charge in [-0.1, -0.05) is 19.0 Å². The fourth-order valence-corrected chi connectivity index (χ4v) is 2.26. The quantitative estimate of drug-likeness (QED) is 0.638. The third-order valence-corrected chi connectivity index (χ3v) is 3.48. The van der Waals surface area contributed by atoms with Gasteiger partial charge in [-0.25, -0.2) is 4.79 Å². The zero-order valence-electron chi connectivity index (χ0n) is 14.6. The second kappa shape index (κ2) is 7.74. The van der Waals surface area contributed by atoms with Gasteiger partial charge in [0.15, 0.2) is 18.2 Å². The SMILES string of the molecule is CC(=O)Nc1ccc(C(=O)COC(=O)c2c(C)noc2C(C)C)cc1. The van der Waals surface area contributed by atoms with Gasteiger partial charge in [0.1, 0.15) is 5.56 Å². The minimum Gasteiger partial charge on any atom is -0.454 e. The first-order valence-electron chi connectivity index (χ1n) is 7.83. The maximum Gasteiger partial charge on any atom is 0.344 e. The molecule has 0 saturated heterocycles. The minimum atomic E-state index is -0.634. The molecule has 25 heavy (non-hydrogen) atoms. The summed E-state index contributed by atoms with van der Waals surface area (Å²) in [6.07, 6.45) is 0. The summed E-state index contributed by atoms with van der Waals surface area (Å²) >= 11 is 0. The monoisotopic (exact) mass is 344 g/mol. The second-order valence-electron chi connectivity index (χ2n) is 5.92. The molecule has 0 spiro atoms. The Morgan fingerprint density at radius 3 is 2.40 bits per heavy atom. The van der Waals surface area contributed by atoms with Crippen LogP contribution in [-0.2, 0) is 9.53 Å². The smallest absolute Gasteiger partial charge is 0.344 e. The summed E-state index contributed by atoms with van der Waals surface area (Å²) in [5.74, 6) is -0.762. The number of amides is 1. The van der Waals surface area contributed by atoms with Crippen molar-refractivity contribution in [2.75, 3.05) is 11.9 Å². The third-order valence-electron chi connectivity index (χ3n) is 3.48. The lowest BCUT2D eigenvalue weighted by atomic mass is 10.1. The molecule has 0 fully saturated rings. The number of carbonyl (C=O) groups is 3. The fraction of sp³-hybridized carbons (Fsp3) is 0.333. The van der Waals surface area contributed by atoms with Crippen LogP contribution in [0, 0.1) is 6.92 Å². The molecule has 0 aliphatic rings. The average molecular weight is 344 g/mol. The third kappa shape index (κ3) is 4.53. The minimum absolute atomic E-state index is 0.0271. The van der Waals surface area contributed by atoms with Gasteiger partial charge >= 0.3 is 5.97 Å². The molecule has 2 rings (SSSR count). The normalized spacial score (nSPS) is 10.6. The summed E-state index contributed by atoms with van der Waals surface area (Å²) in [4.78, 5) is 35.4. The van der Waals surface area contributed by atoms with Gasteiger partial charge in [-0.3, -0.25) is 9.59 Å². The predicted octanol–water partition coefficient (Wildman–Crippen LogP) is 3.10. The van der Waals surface area contributed by atoms with Crippen molar-refractivity contribution in [1.29, 1.82) is 0 Å². The van der Waals surface area contributed by atoms with Crippen LogP contribution < -0.4 is 5.32 Å². The van der Waals surface area contributed by atoms with Gasteiger partial charge in [0, 0.05) is 24.1 Å². The Hall–Kier alpha value is -2.96. The molecule has 132 valence electrons. The second-order valence-corrected chi connectivity index (χ2v) is 5.92. The molecule has 0 atom stereocenters. The Morgan fingerprint density at radius 1 is 1.20 bits per heavy atom. The molecular weight excluding hydrogens is 324 g/mol. The summed E-state index contributed by atoms with van der Waals surface area (Å²) in [5, 5.41) is 6.39. The van der Waals surface area contributed by atoms with Crippen LogP contribution in [0.3, 0.4) is 0 Å². The van der Waals surface area contributed by atoms with Crippen molar-refractivity contribution in [2.24, 2.45) is 0 Å². The van der Waals surface area contributed by atoms with Crippen molar-refractivity contribution in [3.63, 3.8) is 0 Å². The van der Waals surface area contributed by atoms with E-state index in [0.29, 0.717) is 22.7 Å². The maximum absolute atomic E-state index is 12.2. The molecule has 0 aliphatic heterocycles. The van der Waals surface area contributed by atoms with Crippen LogP contribution in [-0.4, -0.2) is 29.4 Å². The van der Waals surface area contributed by atoms with Crippen LogP contribution in [0.1, 0.15) is 58.9 Å². The molecule has 0 bridgehead atoms. The van der Waals surface area contributed by atoms with Gasteiger partial charge in [0.25, 0.3) is 0 Å². The molecule has 2 aromatic rings. The van der Waals surface area contributed by atoms with Gasteiger partial charge in [-0.05, 0) is 31.2 Å². The number of aryl methyl sites for hydroxylation is 1. The van der Waals surface area contributed by atoms with E-state index >= 15 is 0 Å². The number of ketones is 1. The van der Waals surface area contributed by atoms with E-state index in [9.17, 15) is 14.4 Å². The Balaban J connectivity index is 2.01. The number of aromatic nitrogens is 1. The first kappa shape index (κ1) is 18.4. The van der Waals surface area contributed by atoms with Crippen LogP contribution in [0.2, 0.25) is 0 Å². The number of ether oxygens (including phenoxy) is 1. The Labute approximate surface area is 145 Å². The molecule has 1 amide bonds. The van der Waals surface area contributed by atoms with Crippen LogP contribution in [0.25, 0.3) is 0 Å². The van der Waals surface area contributed by atoms with Crippen molar-refractivity contribution in [3.8, 4) is 0 Å². The lowest BCUT2D eigenvalue weighted by molar-refractivity contribution is -0.114. The lowest BCUT2D eigenvalue weighted by Gasteiger charge is -2.07. The highest BCUT2D eigenvalue weighted by Gasteiger charge is 2.24. The molecular formula is C18H20N2O5. The molecule has 0 aliphatic carbocycles. The highest BCUT2D eigenvalue weighted by Crippen LogP contribution is 2.23. The van der Waals surface area contributed by atoms with Crippen LogP contribution in [0.4, 0.5) is 5.69 Å². The Kier molecular flexibility index (Phi) is 5.69. The summed E-state index contributed by atoms with van der Waals surface area (Å²) in [6.45, 7) is 6.41. The molecule has 1 aromatic heterocycles. The molecule has 7 nitrogen and oxygen atoms in total. The molecule has 0 unspecified atom stereocenters. The van der Waals surface area contributed by atoms with E-state index in [1.54, 1.807) is 31.2 Å². The van der Waals surface area contributed by atoms with Gasteiger partial charge in [-0.15, -0.1) is 0 Å². The highest BCUT2D eigenvalue weighted by molar-refractivity contribution is 6.00. The maximum atomic E-state index is 12.2. The Morgan fingerprint density at radius 2 is 1.84 bits per heavy atom. The van der Waals surface area contributed by atoms with Crippen molar-refractivity contribution >= 4 is 23.3 Å². The summed E-state index contributed by atoms with van der Waals surface area (Å²) < 4.78 is 10.3. The molecule has 0 saturated carbocycles. The molecule has 1 heterocycles. The summed E-state index contributed by atoms with van der Waals surface area (Å²) in [6, 6.07) is 6.34. The lowest BCUT2D eigenvalue weighted by Crippen LogP contribution is -2.16. The predicted molar refractivity (Wildman–Crippen MR) is 90.7 cm³/mol. The number of nitrogens with one attached hydrogen (secondary N) is 1. The molecule has 1 aromatic carbocycles. The van der Waals surface area contributed by atoms with Crippen LogP contribution in [0.15, 0.2) is 28.8 Å². The number of benzene rings is 1. The van der Waals surface area contributed by atoms with E-state index in [4.69, 9.17) is 9.26 Å². The number of anilines is 1. The number of Topliss-reactive ketones (excluding diaryl/α,β-unsaturated/α-hetero) is 1. The number of carbonyl (C=O) groups excluding carboxylic acids is 3. The van der Waals surface area contributed by atoms with E-state index in [1.165, 1.54) is 6.92 Å². The zero-order valence-corrected chi connectivity index (χ0v) is 14.6. The van der Waals surface area contributed by atoms with Gasteiger partial charge in [0.05, 0.1) is 5.69 Å². The summed E-state index contributed by atoms with van der Waals surface area (Å²) in [5.41, 5.74) is 1.67. The molecule has 7 heteroatoms. The number of rotatable bonds is 6. The molecule has 0 radical (unpaired) electrons. The zero-order chi connectivity index (χ0) is 18.6. The van der Waals surface area contributed by atoms with E-state index in [0.717, 1.165) is 0 Å². The van der Waals surface area contributed by atoms with Crippen molar-refractivity contribution in [3.05, 3.63) is 46.8 Å². The average Bonchev–Trinajstić information content (AvgIpc) is 2.94. The standard InChI is InChI=1S/C18H20N2O5/c1-10(2)17-16(11(3)20-25-17)18(23)24-9-15(22)13-5-7-14(8-6-13)19-12(4)21/h5-8,10H,9H2,1-4H3,(H,19,21). The van der Waals surface area contributed by atoms with Crippen LogP contribution in [0.5, 0.6) is 0 Å². The topological polar surface area (TPSA) is 98.5 Å². The first-order valence-corrected chi connectivity index (χ1v) is 7.83. The Bertz CT molecular complexity index is 790. The van der Waals surface area contributed by atoms with E-state index in [-0.39, 0.29) is 29.8 Å². The van der Waals surface area contributed by atoms with E-state index < -0.39 is 5.97 Å². The fourth-order valence-electron chi connectivity index (χ4n) is 2.26. The molecule has 1 N–H and O–H groups in total. The number of nitrogens with zero attached hydrogens (tertiary/aromatic N) is 1. The van der Waals surface area contributed by atoms with E-state index in [1.807, 2.05) is 13.8 Å². The van der Waals surface area contributed by atoms with Crippen molar-refractivity contribution < 1.29 is 23.6 Å². The highest BCUT2D eigenvalue weighted by atomic mass is 16.5. The van der Waals surface area contributed by atoms with Crippen molar-refractivity contribution in [1.82, 2.24) is 5.16 Å². The first-order chi connectivity index (χ1) is 11.8. The van der Waals surface area contributed by atoms with Crippen LogP contribution >= 0.6 is 0 Å². The summed E-state index contributed by atoms with van der Waals surface area (Å²) in [7, 11) is 0. The van der Waals surface area contributed by atoms with Gasteiger partial charge < -0.3 is 14.6 Å².